The average molecular weight is 887 g/mol. The summed E-state index contributed by atoms with van der Waals surface area (Å²) in [5, 5.41) is 30.7. The molecule has 1 aliphatic heterocycles. The molecule has 12 nitrogen and oxygen atoms in total. The van der Waals surface area contributed by atoms with E-state index in [0.29, 0.717) is 13.0 Å². The Labute approximate surface area is 370 Å². The topological polar surface area (TPSA) is 178 Å². The van der Waals surface area contributed by atoms with Crippen LogP contribution >= 0.6 is 0 Å². The minimum atomic E-state index is -5.07. The van der Waals surface area contributed by atoms with Crippen molar-refractivity contribution in [3.05, 3.63) is 48.6 Å². The first-order chi connectivity index (χ1) is 29.6. The predicted octanol–water partition coefficient (Wildman–Crippen LogP) is 10.4. The molecule has 0 amide bonds. The van der Waals surface area contributed by atoms with E-state index in [2.05, 4.69) is 66.6 Å². The van der Waals surface area contributed by atoms with Gasteiger partial charge in [-0.25, -0.2) is 4.18 Å². The largest absolute Gasteiger partial charge is 0.457 e. The van der Waals surface area contributed by atoms with Gasteiger partial charge in [-0.2, -0.15) is 8.42 Å². The van der Waals surface area contributed by atoms with Crippen molar-refractivity contribution in [2.45, 2.75) is 224 Å². The Bertz CT molecular complexity index is 1250. The highest BCUT2D eigenvalue weighted by molar-refractivity contribution is 7.80. The first kappa shape index (κ1) is 57.1. The highest BCUT2D eigenvalue weighted by Gasteiger charge is 2.48. The van der Waals surface area contributed by atoms with Crippen molar-refractivity contribution in [3.63, 3.8) is 0 Å². The van der Waals surface area contributed by atoms with Gasteiger partial charge in [-0.15, -0.1) is 0 Å². The second kappa shape index (κ2) is 39.6. The van der Waals surface area contributed by atoms with Crippen molar-refractivity contribution in [3.8, 4) is 0 Å². The molecule has 0 aromatic carbocycles. The number of allylic oxidation sites excluding steroid dienone is 8. The third-order valence-electron chi connectivity index (χ3n) is 10.7. The van der Waals surface area contributed by atoms with Crippen molar-refractivity contribution >= 4 is 16.4 Å². The molecule has 1 heterocycles. The molecule has 6 atom stereocenters. The summed E-state index contributed by atoms with van der Waals surface area (Å²) in [6.45, 7) is 3.74. The predicted molar refractivity (Wildman–Crippen MR) is 243 cm³/mol. The fraction of sp³-hybridized carbons (Fsp3) is 0.812. The normalized spacial score (nSPS) is 20.5. The van der Waals surface area contributed by atoms with Crippen LogP contribution in [0.1, 0.15) is 187 Å². The van der Waals surface area contributed by atoms with Gasteiger partial charge >= 0.3 is 16.4 Å². The van der Waals surface area contributed by atoms with Gasteiger partial charge in [0, 0.05) is 13.0 Å². The van der Waals surface area contributed by atoms with Gasteiger partial charge in [0.1, 0.15) is 30.5 Å². The molecule has 1 rings (SSSR count). The zero-order valence-corrected chi connectivity index (χ0v) is 38.8. The Morgan fingerprint density at radius 3 is 1.59 bits per heavy atom. The molecule has 61 heavy (non-hydrogen) atoms. The smallest absolute Gasteiger partial charge is 0.397 e. The summed E-state index contributed by atoms with van der Waals surface area (Å²) in [6, 6.07) is 0. The molecule has 13 heteroatoms. The second-order valence-corrected chi connectivity index (χ2v) is 17.4. The van der Waals surface area contributed by atoms with Crippen molar-refractivity contribution in [1.29, 1.82) is 0 Å². The maximum absolute atomic E-state index is 12.9. The summed E-state index contributed by atoms with van der Waals surface area (Å²) in [5.41, 5.74) is 0. The average Bonchev–Trinajstić information content (AvgIpc) is 3.23. The van der Waals surface area contributed by atoms with Gasteiger partial charge in [0.2, 0.25) is 0 Å². The van der Waals surface area contributed by atoms with E-state index in [4.69, 9.17) is 23.5 Å². The minimum absolute atomic E-state index is 0.000976. The Hall–Kier alpha value is -1.94. The van der Waals surface area contributed by atoms with Crippen LogP contribution in [0.15, 0.2) is 48.6 Å². The SMILES string of the molecule is CC/C=C\C/C=C\C/C=C\C/C=C\CCCOCC(COC1OC(CO)C(O)C(OS(=O)(=O)O)C1O)OC(=O)CCCCCCCCCCCCCCCCCCCCCC. The zero-order chi connectivity index (χ0) is 44.7. The number of esters is 1. The fourth-order valence-corrected chi connectivity index (χ4v) is 7.66. The van der Waals surface area contributed by atoms with E-state index >= 15 is 0 Å². The van der Waals surface area contributed by atoms with E-state index in [1.54, 1.807) is 0 Å². The quantitative estimate of drug-likeness (QED) is 0.0198. The number of ether oxygens (including phenoxy) is 4. The minimum Gasteiger partial charge on any atom is -0.457 e. The van der Waals surface area contributed by atoms with E-state index in [-0.39, 0.29) is 19.6 Å². The van der Waals surface area contributed by atoms with Gasteiger partial charge in [-0.3, -0.25) is 9.35 Å². The Kier molecular flexibility index (Phi) is 37.1. The number of unbranched alkanes of at least 4 members (excludes halogenated alkanes) is 20. The Morgan fingerprint density at radius 2 is 1.11 bits per heavy atom. The lowest BCUT2D eigenvalue weighted by Crippen LogP contribution is -2.60. The Morgan fingerprint density at radius 1 is 0.639 bits per heavy atom. The van der Waals surface area contributed by atoms with Crippen LogP contribution in [0.3, 0.4) is 0 Å². The molecule has 0 spiro atoms. The molecule has 0 aromatic heterocycles. The van der Waals surface area contributed by atoms with Crippen molar-refractivity contribution < 1.29 is 56.2 Å². The van der Waals surface area contributed by atoms with E-state index in [0.717, 1.165) is 57.8 Å². The fourth-order valence-electron chi connectivity index (χ4n) is 7.15. The van der Waals surface area contributed by atoms with Crippen molar-refractivity contribution in [2.75, 3.05) is 26.4 Å². The maximum Gasteiger partial charge on any atom is 0.397 e. The molecule has 1 saturated heterocycles. The van der Waals surface area contributed by atoms with Crippen LogP contribution in [0, 0.1) is 0 Å². The molecule has 0 aromatic rings. The monoisotopic (exact) mass is 887 g/mol. The molecule has 0 radical (unpaired) electrons. The van der Waals surface area contributed by atoms with Crippen LogP contribution < -0.4 is 0 Å². The van der Waals surface area contributed by atoms with E-state index < -0.39 is 59.8 Å². The van der Waals surface area contributed by atoms with Gasteiger partial charge in [0.25, 0.3) is 0 Å². The van der Waals surface area contributed by atoms with E-state index in [1.807, 2.05) is 0 Å². The second-order valence-electron chi connectivity index (χ2n) is 16.3. The number of hydrogen-bond acceptors (Lipinski definition) is 11. The highest BCUT2D eigenvalue weighted by Crippen LogP contribution is 2.26. The molecule has 356 valence electrons. The van der Waals surface area contributed by atoms with Gasteiger partial charge in [0.05, 0.1) is 19.8 Å². The zero-order valence-electron chi connectivity index (χ0n) is 38.0. The first-order valence-electron chi connectivity index (χ1n) is 23.9. The van der Waals surface area contributed by atoms with Crippen LogP contribution in [0.5, 0.6) is 0 Å². The summed E-state index contributed by atoms with van der Waals surface area (Å²) >= 11 is 0. The van der Waals surface area contributed by atoms with E-state index in [9.17, 15) is 28.5 Å². The molecule has 4 N–H and O–H groups in total. The number of aliphatic hydroxyl groups excluding tert-OH is 3. The lowest BCUT2D eigenvalue weighted by molar-refractivity contribution is -0.301. The van der Waals surface area contributed by atoms with Crippen LogP contribution in [-0.2, 0) is 38.3 Å². The highest BCUT2D eigenvalue weighted by atomic mass is 32.3. The van der Waals surface area contributed by atoms with Gasteiger partial charge in [-0.1, -0.05) is 184 Å². The van der Waals surface area contributed by atoms with Gasteiger partial charge in [0.15, 0.2) is 6.29 Å². The summed E-state index contributed by atoms with van der Waals surface area (Å²) in [6.07, 6.45) is 38.8. The van der Waals surface area contributed by atoms with Crippen molar-refractivity contribution in [2.24, 2.45) is 0 Å². The maximum atomic E-state index is 12.9. The molecule has 0 bridgehead atoms. The number of carbonyl (C=O) groups excluding carboxylic acids is 1. The molecule has 1 aliphatic rings. The molecule has 1 fully saturated rings. The first-order valence-corrected chi connectivity index (χ1v) is 25.3. The van der Waals surface area contributed by atoms with Crippen molar-refractivity contribution in [1.82, 2.24) is 0 Å². The standard InChI is InChI=1S/C48H86O12S/c1-3-5-7-9-11-13-15-17-19-20-21-22-23-24-25-27-29-31-33-35-37-44(50)58-42(40-56-38-36-34-32-30-28-26-18-16-14-12-10-8-6-4-2)41-57-48-46(52)47(60-61(53,54)55)45(51)43(39-49)59-48/h6,8,12,14,18,26,30,32,42-43,45-49,51-52H,3-5,7,9-11,13,15-17,19-25,27-29,31,33-41H2,1-2H3,(H,53,54,55)/b8-6-,14-12-,26-18-,32-30-. The number of carbonyl (C=O) groups is 1. The van der Waals surface area contributed by atoms with Gasteiger partial charge in [-0.05, 0) is 44.9 Å². The third kappa shape index (κ3) is 33.3. The molecule has 0 aliphatic carbocycles. The lowest BCUT2D eigenvalue weighted by Gasteiger charge is -2.41. The summed E-state index contributed by atoms with van der Waals surface area (Å²) < 4.78 is 59.0. The number of rotatable bonds is 41. The molecule has 6 unspecified atom stereocenters. The van der Waals surface area contributed by atoms with E-state index in [1.165, 1.54) is 103 Å². The van der Waals surface area contributed by atoms with Crippen LogP contribution in [0.25, 0.3) is 0 Å². The van der Waals surface area contributed by atoms with Crippen LogP contribution in [-0.4, -0.2) is 97.5 Å². The summed E-state index contributed by atoms with van der Waals surface area (Å²) in [7, 11) is -5.07. The third-order valence-corrected chi connectivity index (χ3v) is 11.2. The molecule has 0 saturated carbocycles. The lowest BCUT2D eigenvalue weighted by atomic mass is 9.99. The Balaban J connectivity index is 2.40. The molecular weight excluding hydrogens is 801 g/mol. The number of aliphatic hydroxyl groups is 3. The number of hydrogen-bond donors (Lipinski definition) is 4. The van der Waals surface area contributed by atoms with Gasteiger partial charge < -0.3 is 34.3 Å². The van der Waals surface area contributed by atoms with Crippen LogP contribution in [0.2, 0.25) is 0 Å². The molecular formula is C48H86O12S. The summed E-state index contributed by atoms with van der Waals surface area (Å²) in [4.78, 5) is 12.9. The summed E-state index contributed by atoms with van der Waals surface area (Å²) in [5.74, 6) is -0.416. The van der Waals surface area contributed by atoms with Crippen LogP contribution in [0.4, 0.5) is 0 Å².